The number of hydrogen-bond donors (Lipinski definition) is 1. The first-order valence-electron chi connectivity index (χ1n) is 13.5. The fraction of sp³-hybridized carbons (Fsp3) is 0.500. The second kappa shape index (κ2) is 13.3. The van der Waals surface area contributed by atoms with Crippen LogP contribution in [0.5, 0.6) is 11.5 Å². The summed E-state index contributed by atoms with van der Waals surface area (Å²) in [6.45, 7) is 2.06. The van der Waals surface area contributed by atoms with Gasteiger partial charge in [0.15, 0.2) is 11.5 Å². The molecule has 0 radical (unpaired) electrons. The van der Waals surface area contributed by atoms with Crippen molar-refractivity contribution in [3.8, 4) is 11.5 Å². The summed E-state index contributed by atoms with van der Waals surface area (Å²) in [5, 5.41) is 3.92. The van der Waals surface area contributed by atoms with Crippen molar-refractivity contribution < 1.29 is 27.5 Å². The molecule has 218 valence electrons. The van der Waals surface area contributed by atoms with Gasteiger partial charge < -0.3 is 19.7 Å². The summed E-state index contributed by atoms with van der Waals surface area (Å²) in [6, 6.07) is 9.40. The third-order valence-electron chi connectivity index (χ3n) is 7.27. The smallest absolute Gasteiger partial charge is 0.243 e. The maximum Gasteiger partial charge on any atom is 0.243 e. The fourth-order valence-corrected chi connectivity index (χ4v) is 6.66. The highest BCUT2D eigenvalue weighted by molar-refractivity contribution is 7.92. The molecule has 1 atom stereocenters. The molecule has 2 amide bonds. The second-order valence-corrected chi connectivity index (χ2v) is 12.8. The SMILES string of the molecule is CC[C@@H](C(=O)NC1CCCC1)N(Cc1c(Cl)cccc1Cl)C(=O)CCCN(c1ccc2c(c1)OCO2)S(C)(=O)=O. The molecule has 2 aromatic rings. The average Bonchev–Trinajstić information content (AvgIpc) is 3.59. The van der Waals surface area contributed by atoms with E-state index in [0.717, 1.165) is 31.9 Å². The first-order valence-corrected chi connectivity index (χ1v) is 16.1. The first kappa shape index (κ1) is 30.3. The number of carbonyl (C=O) groups excluding carboxylic acids is 2. The molecule has 12 heteroatoms. The molecule has 0 saturated heterocycles. The Morgan fingerprint density at radius 1 is 1.07 bits per heavy atom. The van der Waals surface area contributed by atoms with Gasteiger partial charge in [-0.2, -0.15) is 0 Å². The zero-order valence-electron chi connectivity index (χ0n) is 22.7. The molecule has 0 bridgehead atoms. The largest absolute Gasteiger partial charge is 0.454 e. The van der Waals surface area contributed by atoms with Crippen LogP contribution in [0.2, 0.25) is 10.0 Å². The van der Waals surface area contributed by atoms with E-state index in [-0.39, 0.29) is 50.6 Å². The maximum atomic E-state index is 13.7. The Balaban J connectivity index is 1.51. The third kappa shape index (κ3) is 7.33. The molecule has 40 heavy (non-hydrogen) atoms. The summed E-state index contributed by atoms with van der Waals surface area (Å²) in [5.41, 5.74) is 0.978. The number of amides is 2. The molecule has 0 spiro atoms. The highest BCUT2D eigenvalue weighted by atomic mass is 35.5. The predicted molar refractivity (Wildman–Crippen MR) is 155 cm³/mol. The van der Waals surface area contributed by atoms with Crippen molar-refractivity contribution in [1.29, 1.82) is 0 Å². The number of rotatable bonds is 12. The van der Waals surface area contributed by atoms with Gasteiger partial charge in [0.2, 0.25) is 28.6 Å². The van der Waals surface area contributed by atoms with Crippen molar-refractivity contribution in [3.05, 3.63) is 52.0 Å². The highest BCUT2D eigenvalue weighted by Gasteiger charge is 2.31. The van der Waals surface area contributed by atoms with E-state index in [1.807, 2.05) is 6.92 Å². The topological polar surface area (TPSA) is 105 Å². The van der Waals surface area contributed by atoms with E-state index in [4.69, 9.17) is 32.7 Å². The van der Waals surface area contributed by atoms with Crippen molar-refractivity contribution in [2.45, 2.75) is 70.5 Å². The van der Waals surface area contributed by atoms with Gasteiger partial charge >= 0.3 is 0 Å². The van der Waals surface area contributed by atoms with Crippen LogP contribution in [0.15, 0.2) is 36.4 Å². The number of anilines is 1. The number of carbonyl (C=O) groups is 2. The normalized spacial score (nSPS) is 15.6. The summed E-state index contributed by atoms with van der Waals surface area (Å²) in [7, 11) is -3.65. The van der Waals surface area contributed by atoms with Crippen LogP contribution in [-0.4, -0.2) is 56.8 Å². The van der Waals surface area contributed by atoms with Crippen LogP contribution in [-0.2, 0) is 26.2 Å². The second-order valence-electron chi connectivity index (χ2n) is 10.1. The van der Waals surface area contributed by atoms with E-state index in [1.165, 1.54) is 9.21 Å². The number of ether oxygens (including phenoxy) is 2. The van der Waals surface area contributed by atoms with Crippen molar-refractivity contribution in [2.75, 3.05) is 23.9 Å². The molecule has 1 aliphatic heterocycles. The lowest BCUT2D eigenvalue weighted by molar-refractivity contribution is -0.141. The molecule has 0 unspecified atom stereocenters. The summed E-state index contributed by atoms with van der Waals surface area (Å²) >= 11 is 12.9. The van der Waals surface area contributed by atoms with Gasteiger partial charge in [0.25, 0.3) is 0 Å². The Morgan fingerprint density at radius 3 is 2.40 bits per heavy atom. The summed E-state index contributed by atoms with van der Waals surface area (Å²) < 4.78 is 37.2. The zero-order chi connectivity index (χ0) is 28.9. The van der Waals surface area contributed by atoms with E-state index in [0.29, 0.717) is 39.2 Å². The van der Waals surface area contributed by atoms with Gasteiger partial charge in [-0.15, -0.1) is 0 Å². The maximum absolute atomic E-state index is 13.7. The van der Waals surface area contributed by atoms with Crippen LogP contribution in [0, 0.1) is 0 Å². The number of halogens is 2. The molecule has 1 fully saturated rings. The van der Waals surface area contributed by atoms with Crippen molar-refractivity contribution in [1.82, 2.24) is 10.2 Å². The van der Waals surface area contributed by atoms with Gasteiger partial charge in [0.05, 0.1) is 11.9 Å². The number of nitrogens with one attached hydrogen (secondary N) is 1. The van der Waals surface area contributed by atoms with Crippen LogP contribution in [0.4, 0.5) is 5.69 Å². The molecular formula is C28H35Cl2N3O6S. The van der Waals surface area contributed by atoms with Gasteiger partial charge in [-0.05, 0) is 49.9 Å². The Hall–Kier alpha value is -2.69. The Labute approximate surface area is 245 Å². The monoisotopic (exact) mass is 611 g/mol. The molecule has 0 aromatic heterocycles. The molecule has 2 aromatic carbocycles. The number of hydrogen-bond acceptors (Lipinski definition) is 6. The molecule has 2 aliphatic rings. The van der Waals surface area contributed by atoms with E-state index in [1.54, 1.807) is 36.4 Å². The van der Waals surface area contributed by atoms with E-state index in [9.17, 15) is 18.0 Å². The molecule has 4 rings (SSSR count). The molecular weight excluding hydrogens is 577 g/mol. The molecule has 1 saturated carbocycles. The Kier molecular flexibility index (Phi) is 10.1. The number of benzene rings is 2. The zero-order valence-corrected chi connectivity index (χ0v) is 25.0. The van der Waals surface area contributed by atoms with Gasteiger partial charge in [0.1, 0.15) is 6.04 Å². The fourth-order valence-electron chi connectivity index (χ4n) is 5.19. The van der Waals surface area contributed by atoms with E-state index in [2.05, 4.69) is 5.32 Å². The van der Waals surface area contributed by atoms with Crippen molar-refractivity contribution in [2.24, 2.45) is 0 Å². The third-order valence-corrected chi connectivity index (χ3v) is 9.18. The highest BCUT2D eigenvalue weighted by Crippen LogP contribution is 2.36. The molecule has 9 nitrogen and oxygen atoms in total. The quantitative estimate of drug-likeness (QED) is 0.356. The van der Waals surface area contributed by atoms with Crippen LogP contribution < -0.4 is 19.1 Å². The van der Waals surface area contributed by atoms with Crippen LogP contribution in [0.1, 0.15) is 57.4 Å². The van der Waals surface area contributed by atoms with Crippen LogP contribution in [0.25, 0.3) is 0 Å². The van der Waals surface area contributed by atoms with Crippen LogP contribution in [0.3, 0.4) is 0 Å². The minimum atomic E-state index is -3.65. The van der Waals surface area contributed by atoms with Gasteiger partial charge in [0, 0.05) is 47.2 Å². The summed E-state index contributed by atoms with van der Waals surface area (Å²) in [4.78, 5) is 28.6. The average molecular weight is 613 g/mol. The van der Waals surface area contributed by atoms with Gasteiger partial charge in [-0.1, -0.05) is 49.0 Å². The van der Waals surface area contributed by atoms with Crippen LogP contribution >= 0.6 is 23.2 Å². The van der Waals surface area contributed by atoms with Gasteiger partial charge in [-0.3, -0.25) is 13.9 Å². The number of sulfonamides is 1. The summed E-state index contributed by atoms with van der Waals surface area (Å²) in [6.07, 6.45) is 5.76. The minimum Gasteiger partial charge on any atom is -0.454 e. The number of fused-ring (bicyclic) bond motifs is 1. The molecule has 1 N–H and O–H groups in total. The Bertz CT molecular complexity index is 1310. The lowest BCUT2D eigenvalue weighted by atomic mass is 10.1. The Morgan fingerprint density at radius 2 is 1.75 bits per heavy atom. The standard InChI is InChI=1S/C28H35Cl2N3O6S/c1-3-24(28(35)31-19-8-4-5-9-19)32(17-21-22(29)10-6-11-23(21)30)27(34)12-7-15-33(40(2,36)37)20-13-14-25-26(16-20)39-18-38-25/h6,10-11,13-14,16,19,24H,3-5,7-9,12,15,17-18H2,1-2H3,(H,31,35)/t24-/m0/s1. The first-order chi connectivity index (χ1) is 19.1. The van der Waals surface area contributed by atoms with E-state index >= 15 is 0 Å². The lowest BCUT2D eigenvalue weighted by Gasteiger charge is -2.32. The summed E-state index contributed by atoms with van der Waals surface area (Å²) in [5.74, 6) is 0.513. The lowest BCUT2D eigenvalue weighted by Crippen LogP contribution is -2.51. The molecule has 1 heterocycles. The number of nitrogens with zero attached hydrogens (tertiary/aromatic N) is 2. The predicted octanol–water partition coefficient (Wildman–Crippen LogP) is 5.13. The van der Waals surface area contributed by atoms with Crippen molar-refractivity contribution >= 4 is 50.7 Å². The molecule has 1 aliphatic carbocycles. The van der Waals surface area contributed by atoms with E-state index < -0.39 is 16.1 Å². The minimum absolute atomic E-state index is 0.0197. The van der Waals surface area contributed by atoms with Crippen molar-refractivity contribution in [3.63, 3.8) is 0 Å². The van der Waals surface area contributed by atoms with Gasteiger partial charge in [-0.25, -0.2) is 8.42 Å².